The van der Waals surface area contributed by atoms with Gasteiger partial charge in [0.15, 0.2) is 11.5 Å². The van der Waals surface area contributed by atoms with Crippen LogP contribution in [-0.2, 0) is 4.74 Å². The molecule has 63 valence electrons. The smallest absolute Gasteiger partial charge is 0.338 e. The number of benzene rings is 1. The summed E-state index contributed by atoms with van der Waals surface area (Å²) in [4.78, 5) is 10.8. The van der Waals surface area contributed by atoms with E-state index < -0.39 is 11.7 Å². The van der Waals surface area contributed by atoms with E-state index in [1.165, 1.54) is 19.2 Å². The van der Waals surface area contributed by atoms with Crippen molar-refractivity contribution in [2.24, 2.45) is 0 Å². The van der Waals surface area contributed by atoms with Gasteiger partial charge >= 0.3 is 5.97 Å². The van der Waals surface area contributed by atoms with Crippen molar-refractivity contribution in [3.8, 4) is 11.5 Å². The van der Waals surface area contributed by atoms with Crippen molar-refractivity contribution in [2.75, 3.05) is 7.11 Å². The van der Waals surface area contributed by atoms with Crippen LogP contribution in [0.2, 0.25) is 0 Å². The monoisotopic (exact) mass is 167 g/mol. The van der Waals surface area contributed by atoms with Crippen LogP contribution in [0.4, 0.5) is 0 Å². The number of aromatic hydroxyl groups is 2. The van der Waals surface area contributed by atoms with E-state index in [4.69, 9.17) is 10.2 Å². The van der Waals surface area contributed by atoms with E-state index >= 15 is 0 Å². The van der Waals surface area contributed by atoms with Crippen molar-refractivity contribution in [3.05, 3.63) is 23.8 Å². The van der Waals surface area contributed by atoms with Gasteiger partial charge in [-0.15, -0.1) is 0 Å². The Hall–Kier alpha value is -1.71. The Morgan fingerprint density at radius 2 is 2.17 bits per heavy atom. The van der Waals surface area contributed by atoms with E-state index in [2.05, 4.69) is 10.8 Å². The molecule has 4 heteroatoms. The third-order valence-electron chi connectivity index (χ3n) is 1.31. The summed E-state index contributed by atoms with van der Waals surface area (Å²) in [5, 5.41) is 17.8. The second-order valence-electron chi connectivity index (χ2n) is 2.10. The van der Waals surface area contributed by atoms with Gasteiger partial charge in [-0.05, 0) is 12.1 Å². The molecule has 0 saturated heterocycles. The lowest BCUT2D eigenvalue weighted by molar-refractivity contribution is 0.0600. The molecule has 0 bridgehead atoms. The highest BCUT2D eigenvalue weighted by Gasteiger charge is 2.08. The Morgan fingerprint density at radius 3 is 2.67 bits per heavy atom. The molecular weight excluding hydrogens is 160 g/mol. The zero-order valence-corrected chi connectivity index (χ0v) is 6.37. The number of rotatable bonds is 1. The van der Waals surface area contributed by atoms with E-state index in [-0.39, 0.29) is 11.3 Å². The summed E-state index contributed by atoms with van der Waals surface area (Å²) in [6.07, 6.45) is 0. The molecule has 0 spiro atoms. The molecule has 0 atom stereocenters. The third kappa shape index (κ3) is 1.47. The van der Waals surface area contributed by atoms with Crippen LogP contribution < -0.4 is 0 Å². The van der Waals surface area contributed by atoms with Gasteiger partial charge in [0.05, 0.1) is 12.7 Å². The molecule has 0 aliphatic heterocycles. The molecule has 1 aromatic rings. The highest BCUT2D eigenvalue weighted by atomic mass is 16.5. The molecule has 12 heavy (non-hydrogen) atoms. The van der Waals surface area contributed by atoms with Crippen molar-refractivity contribution in [3.63, 3.8) is 0 Å². The summed E-state index contributed by atoms with van der Waals surface area (Å²) in [5.41, 5.74) is 0.0767. The highest BCUT2D eigenvalue weighted by molar-refractivity contribution is 5.89. The van der Waals surface area contributed by atoms with Crippen LogP contribution >= 0.6 is 0 Å². The molecule has 0 saturated carbocycles. The van der Waals surface area contributed by atoms with Gasteiger partial charge in [-0.25, -0.2) is 4.79 Å². The van der Waals surface area contributed by atoms with Crippen LogP contribution in [0.1, 0.15) is 10.4 Å². The summed E-state index contributed by atoms with van der Waals surface area (Å²) in [6.45, 7) is 0. The summed E-state index contributed by atoms with van der Waals surface area (Å²) >= 11 is 0. The first kappa shape index (κ1) is 8.39. The van der Waals surface area contributed by atoms with Gasteiger partial charge in [-0.2, -0.15) is 0 Å². The molecule has 1 rings (SSSR count). The normalized spacial score (nSPS) is 9.42. The second kappa shape index (κ2) is 3.13. The molecule has 1 radical (unpaired) electrons. The predicted octanol–water partition coefficient (Wildman–Crippen LogP) is 0.685. The SMILES string of the molecule is COC(=O)c1[c]c(O)c(O)cc1. The second-order valence-corrected chi connectivity index (χ2v) is 2.10. The molecule has 0 aliphatic carbocycles. The Kier molecular flexibility index (Phi) is 2.19. The third-order valence-corrected chi connectivity index (χ3v) is 1.31. The summed E-state index contributed by atoms with van der Waals surface area (Å²) in [6, 6.07) is 4.76. The lowest BCUT2D eigenvalue weighted by Gasteiger charge is -1.99. The summed E-state index contributed by atoms with van der Waals surface area (Å²) in [7, 11) is 1.22. The number of carbonyl (C=O) groups is 1. The predicted molar refractivity (Wildman–Crippen MR) is 39.9 cm³/mol. The van der Waals surface area contributed by atoms with E-state index in [1.54, 1.807) is 0 Å². The van der Waals surface area contributed by atoms with E-state index in [1.807, 2.05) is 0 Å². The van der Waals surface area contributed by atoms with E-state index in [0.717, 1.165) is 0 Å². The number of phenolic OH excluding ortho intramolecular Hbond substituents is 2. The minimum absolute atomic E-state index is 0.0767. The zero-order chi connectivity index (χ0) is 9.14. The van der Waals surface area contributed by atoms with Gasteiger partial charge in [0.1, 0.15) is 0 Å². The van der Waals surface area contributed by atoms with Gasteiger partial charge < -0.3 is 14.9 Å². The number of esters is 1. The lowest BCUT2D eigenvalue weighted by atomic mass is 10.2. The summed E-state index contributed by atoms with van der Waals surface area (Å²) < 4.78 is 4.37. The first-order valence-electron chi connectivity index (χ1n) is 3.17. The average Bonchev–Trinajstić information content (AvgIpc) is 2.08. The molecule has 0 fully saturated rings. The fraction of sp³-hybridized carbons (Fsp3) is 0.125. The van der Waals surface area contributed by atoms with Crippen molar-refractivity contribution >= 4 is 5.97 Å². The molecule has 2 N–H and O–H groups in total. The lowest BCUT2D eigenvalue weighted by Crippen LogP contribution is -2.00. The Morgan fingerprint density at radius 1 is 1.50 bits per heavy atom. The van der Waals surface area contributed by atoms with Gasteiger partial charge in [-0.1, -0.05) is 0 Å². The molecule has 0 heterocycles. The molecular formula is C8H7O4. The molecule has 0 unspecified atom stereocenters. The van der Waals surface area contributed by atoms with Crippen molar-refractivity contribution in [1.82, 2.24) is 0 Å². The highest BCUT2D eigenvalue weighted by Crippen LogP contribution is 2.24. The standard InChI is InChI=1S/C8H7O4/c1-12-8(11)5-2-3-6(9)7(10)4-5/h2-3,9-10H,1H3. The van der Waals surface area contributed by atoms with Gasteiger partial charge in [-0.3, -0.25) is 0 Å². The van der Waals surface area contributed by atoms with E-state index in [0.29, 0.717) is 0 Å². The number of carbonyl (C=O) groups excluding carboxylic acids is 1. The van der Waals surface area contributed by atoms with Crippen LogP contribution in [0, 0.1) is 6.07 Å². The van der Waals surface area contributed by atoms with Crippen molar-refractivity contribution < 1.29 is 19.7 Å². The van der Waals surface area contributed by atoms with Crippen LogP contribution in [0.3, 0.4) is 0 Å². The Labute approximate surface area is 69.0 Å². The number of methoxy groups -OCH3 is 1. The van der Waals surface area contributed by atoms with Gasteiger partial charge in [0.25, 0.3) is 0 Å². The van der Waals surface area contributed by atoms with Crippen LogP contribution in [-0.4, -0.2) is 23.3 Å². The fourth-order valence-corrected chi connectivity index (χ4v) is 0.703. The molecule has 0 amide bonds. The topological polar surface area (TPSA) is 66.8 Å². The first-order chi connectivity index (χ1) is 5.65. The fourth-order valence-electron chi connectivity index (χ4n) is 0.703. The van der Waals surface area contributed by atoms with Crippen LogP contribution in [0.25, 0.3) is 0 Å². The molecule has 0 aliphatic rings. The zero-order valence-electron chi connectivity index (χ0n) is 6.37. The minimum Gasteiger partial charge on any atom is -0.504 e. The van der Waals surface area contributed by atoms with Gasteiger partial charge in [0.2, 0.25) is 0 Å². The quantitative estimate of drug-likeness (QED) is 0.477. The number of hydrogen-bond acceptors (Lipinski definition) is 4. The maximum atomic E-state index is 10.8. The number of hydrogen-bond donors (Lipinski definition) is 2. The number of ether oxygens (including phenoxy) is 1. The van der Waals surface area contributed by atoms with Gasteiger partial charge in [0, 0.05) is 6.07 Å². The average molecular weight is 167 g/mol. The maximum absolute atomic E-state index is 10.8. The molecule has 0 aromatic heterocycles. The van der Waals surface area contributed by atoms with Crippen LogP contribution in [0.15, 0.2) is 12.1 Å². The number of phenols is 2. The van der Waals surface area contributed by atoms with Crippen molar-refractivity contribution in [1.29, 1.82) is 0 Å². The first-order valence-corrected chi connectivity index (χ1v) is 3.17. The van der Waals surface area contributed by atoms with Crippen LogP contribution in [0.5, 0.6) is 11.5 Å². The molecule has 4 nitrogen and oxygen atoms in total. The summed E-state index contributed by atoms with van der Waals surface area (Å²) in [5.74, 6) is -1.38. The van der Waals surface area contributed by atoms with Crippen molar-refractivity contribution in [2.45, 2.75) is 0 Å². The Bertz CT molecular complexity index is 306. The van der Waals surface area contributed by atoms with E-state index in [9.17, 15) is 4.79 Å². The maximum Gasteiger partial charge on any atom is 0.338 e. The Balaban J connectivity index is 3.05. The minimum atomic E-state index is -0.606. The largest absolute Gasteiger partial charge is 0.504 e. The molecule has 1 aromatic carbocycles.